The lowest BCUT2D eigenvalue weighted by molar-refractivity contribution is -0.0884. The third kappa shape index (κ3) is 5.31. The fourth-order valence-corrected chi connectivity index (χ4v) is 1.82. The second-order valence-corrected chi connectivity index (χ2v) is 5.92. The molecule has 0 atom stereocenters. The zero-order valence-corrected chi connectivity index (χ0v) is 13.6. The third-order valence-electron chi connectivity index (χ3n) is 2.41. The van der Waals surface area contributed by atoms with Crippen LogP contribution in [-0.2, 0) is 4.74 Å². The molecule has 5 nitrogen and oxygen atoms in total. The van der Waals surface area contributed by atoms with Crippen molar-refractivity contribution in [3.63, 3.8) is 0 Å². The van der Waals surface area contributed by atoms with Crippen LogP contribution in [0, 0.1) is 0 Å². The van der Waals surface area contributed by atoms with Gasteiger partial charge in [0.1, 0.15) is 11.4 Å². The van der Waals surface area contributed by atoms with E-state index in [9.17, 15) is 22.8 Å². The van der Waals surface area contributed by atoms with Gasteiger partial charge < -0.3 is 9.47 Å². The molecule has 0 radical (unpaired) electrons. The summed E-state index contributed by atoms with van der Waals surface area (Å²) in [6, 6.07) is 1.97. The Morgan fingerprint density at radius 3 is 2.17 bits per heavy atom. The van der Waals surface area contributed by atoms with Crippen molar-refractivity contribution in [2.45, 2.75) is 32.5 Å². The Hall–Kier alpha value is -1.96. The van der Waals surface area contributed by atoms with E-state index in [1.165, 1.54) is 6.07 Å². The number of rotatable bonds is 3. The monoisotopic (exact) mass is 353 g/mol. The van der Waals surface area contributed by atoms with Crippen molar-refractivity contribution in [3.05, 3.63) is 22.7 Å². The molecule has 23 heavy (non-hydrogen) atoms. The maximum atomic E-state index is 12.7. The van der Waals surface area contributed by atoms with Crippen LogP contribution in [0.5, 0.6) is 5.75 Å². The quantitative estimate of drug-likeness (QED) is 0.816. The molecular weight excluding hydrogens is 339 g/mol. The highest BCUT2D eigenvalue weighted by Crippen LogP contribution is 2.36. The second kappa shape index (κ2) is 6.66. The molecule has 128 valence electrons. The van der Waals surface area contributed by atoms with Gasteiger partial charge in [-0.3, -0.25) is 10.1 Å². The average Bonchev–Trinajstić information content (AvgIpc) is 2.36. The number of alkyl halides is 3. The van der Waals surface area contributed by atoms with Crippen LogP contribution < -0.4 is 10.1 Å². The summed E-state index contributed by atoms with van der Waals surface area (Å²) in [5.74, 6) is -2.36. The molecule has 0 spiro atoms. The summed E-state index contributed by atoms with van der Waals surface area (Å²) < 4.78 is 48.0. The van der Waals surface area contributed by atoms with Crippen molar-refractivity contribution in [1.29, 1.82) is 0 Å². The van der Waals surface area contributed by atoms with Crippen LogP contribution in [0.2, 0.25) is 5.02 Å². The number of halogens is 4. The minimum Gasteiger partial charge on any atom is -0.494 e. The zero-order valence-electron chi connectivity index (χ0n) is 12.8. The first-order valence-corrected chi connectivity index (χ1v) is 6.72. The van der Waals surface area contributed by atoms with Crippen molar-refractivity contribution in [2.24, 2.45) is 0 Å². The number of hydrogen-bond donors (Lipinski definition) is 1. The highest BCUT2D eigenvalue weighted by Gasteiger charge is 2.41. The number of benzene rings is 1. The van der Waals surface area contributed by atoms with Crippen LogP contribution >= 0.6 is 11.6 Å². The van der Waals surface area contributed by atoms with Crippen molar-refractivity contribution in [3.8, 4) is 5.75 Å². The van der Waals surface area contributed by atoms with Gasteiger partial charge in [0.2, 0.25) is 0 Å². The van der Waals surface area contributed by atoms with E-state index < -0.39 is 34.9 Å². The largest absolute Gasteiger partial charge is 0.494 e. The van der Waals surface area contributed by atoms with Crippen molar-refractivity contribution in [1.82, 2.24) is 0 Å². The van der Waals surface area contributed by atoms with E-state index in [0.29, 0.717) is 0 Å². The number of Topliss-reactive ketones (excluding diaryl/α,β-unsaturated/α-hetero) is 1. The summed E-state index contributed by atoms with van der Waals surface area (Å²) in [6.07, 6.45) is -6.17. The minimum atomic E-state index is -5.14. The Labute approximate surface area is 135 Å². The molecule has 0 aromatic heterocycles. The molecule has 0 saturated heterocycles. The first kappa shape index (κ1) is 19.1. The molecule has 0 aliphatic rings. The van der Waals surface area contributed by atoms with E-state index in [4.69, 9.17) is 21.1 Å². The smallest absolute Gasteiger partial charge is 0.454 e. The topological polar surface area (TPSA) is 64.6 Å². The number of anilines is 1. The molecular formula is C14H15ClF3NO4. The summed E-state index contributed by atoms with van der Waals surface area (Å²) in [5, 5.41) is 1.95. The lowest BCUT2D eigenvalue weighted by Gasteiger charge is -2.21. The minimum absolute atomic E-state index is 0.149. The number of methoxy groups -OCH3 is 1. The number of amides is 1. The Morgan fingerprint density at radius 1 is 1.17 bits per heavy atom. The van der Waals surface area contributed by atoms with Gasteiger partial charge >= 0.3 is 12.3 Å². The van der Waals surface area contributed by atoms with Gasteiger partial charge in [-0.1, -0.05) is 11.6 Å². The molecule has 1 rings (SSSR count). The lowest BCUT2D eigenvalue weighted by Crippen LogP contribution is -2.29. The summed E-state index contributed by atoms with van der Waals surface area (Å²) >= 11 is 5.69. The van der Waals surface area contributed by atoms with Crippen LogP contribution in [-0.4, -0.2) is 30.8 Å². The normalized spacial score (nSPS) is 11.8. The Balaban J connectivity index is 3.33. The van der Waals surface area contributed by atoms with E-state index >= 15 is 0 Å². The molecule has 0 unspecified atom stereocenters. The van der Waals surface area contributed by atoms with E-state index in [1.807, 2.05) is 0 Å². The SMILES string of the molecule is COc1cc(Cl)cc(C(=O)C(F)(F)F)c1NC(=O)OC(C)(C)C. The first-order valence-electron chi connectivity index (χ1n) is 6.34. The lowest BCUT2D eigenvalue weighted by atomic mass is 10.1. The van der Waals surface area contributed by atoms with Crippen LogP contribution in [0.4, 0.5) is 23.7 Å². The average molecular weight is 354 g/mol. The zero-order chi connectivity index (χ0) is 18.0. The van der Waals surface area contributed by atoms with Gasteiger partial charge in [-0.2, -0.15) is 13.2 Å². The summed E-state index contributed by atoms with van der Waals surface area (Å²) in [4.78, 5) is 23.3. The Bertz CT molecular complexity index is 624. The van der Waals surface area contributed by atoms with Crippen molar-refractivity contribution < 1.29 is 32.2 Å². The van der Waals surface area contributed by atoms with E-state index in [0.717, 1.165) is 13.2 Å². The fourth-order valence-electron chi connectivity index (χ4n) is 1.61. The number of ether oxygens (including phenoxy) is 2. The molecule has 0 fully saturated rings. The molecule has 1 aromatic rings. The number of hydrogen-bond acceptors (Lipinski definition) is 4. The van der Waals surface area contributed by atoms with E-state index in [-0.39, 0.29) is 10.8 Å². The molecule has 0 aliphatic carbocycles. The maximum absolute atomic E-state index is 12.7. The van der Waals surface area contributed by atoms with Gasteiger partial charge in [0, 0.05) is 11.1 Å². The first-order chi connectivity index (χ1) is 10.3. The Morgan fingerprint density at radius 2 is 1.74 bits per heavy atom. The second-order valence-electron chi connectivity index (χ2n) is 5.48. The molecule has 1 amide bonds. The molecule has 0 heterocycles. The summed E-state index contributed by atoms with van der Waals surface area (Å²) in [6.45, 7) is 4.73. The van der Waals surface area contributed by atoms with Crippen molar-refractivity contribution >= 4 is 29.2 Å². The third-order valence-corrected chi connectivity index (χ3v) is 2.63. The van der Waals surface area contributed by atoms with Gasteiger partial charge in [0.05, 0.1) is 18.4 Å². The molecule has 1 N–H and O–H groups in total. The number of carbonyl (C=O) groups is 2. The van der Waals surface area contributed by atoms with Crippen molar-refractivity contribution in [2.75, 3.05) is 12.4 Å². The van der Waals surface area contributed by atoms with Gasteiger partial charge in [-0.25, -0.2) is 4.79 Å². The van der Waals surface area contributed by atoms with E-state index in [2.05, 4.69) is 5.32 Å². The molecule has 9 heteroatoms. The van der Waals surface area contributed by atoms with Gasteiger partial charge in [-0.05, 0) is 26.8 Å². The number of ketones is 1. The highest BCUT2D eigenvalue weighted by molar-refractivity contribution is 6.31. The Kier molecular flexibility index (Phi) is 5.52. The summed E-state index contributed by atoms with van der Waals surface area (Å²) in [5.41, 5.74) is -2.18. The highest BCUT2D eigenvalue weighted by atomic mass is 35.5. The molecule has 0 bridgehead atoms. The number of nitrogens with one attached hydrogen (secondary N) is 1. The van der Waals surface area contributed by atoms with Gasteiger partial charge in [0.25, 0.3) is 5.78 Å². The predicted molar refractivity (Wildman–Crippen MR) is 78.2 cm³/mol. The number of carbonyl (C=O) groups excluding carboxylic acids is 2. The summed E-state index contributed by atoms with van der Waals surface area (Å²) in [7, 11) is 1.16. The van der Waals surface area contributed by atoms with Crippen LogP contribution in [0.15, 0.2) is 12.1 Å². The predicted octanol–water partition coefficient (Wildman–Crippen LogP) is 4.44. The van der Waals surface area contributed by atoms with Gasteiger partial charge in [0.15, 0.2) is 0 Å². The standard InChI is InChI=1S/C14H15ClF3NO4/c1-13(2,3)23-12(21)19-10-8(11(20)14(16,17)18)5-7(15)6-9(10)22-4/h5-6H,1-4H3,(H,19,21). The van der Waals surface area contributed by atoms with Crippen LogP contribution in [0.1, 0.15) is 31.1 Å². The maximum Gasteiger partial charge on any atom is 0.454 e. The fraction of sp³-hybridized carbons (Fsp3) is 0.429. The van der Waals surface area contributed by atoms with Crippen LogP contribution in [0.25, 0.3) is 0 Å². The molecule has 0 saturated carbocycles. The van der Waals surface area contributed by atoms with Gasteiger partial charge in [-0.15, -0.1) is 0 Å². The molecule has 0 aliphatic heterocycles. The van der Waals surface area contributed by atoms with E-state index in [1.54, 1.807) is 20.8 Å². The molecule has 1 aromatic carbocycles. The van der Waals surface area contributed by atoms with Crippen LogP contribution in [0.3, 0.4) is 0 Å².